The summed E-state index contributed by atoms with van der Waals surface area (Å²) in [6.45, 7) is 2.27. The second-order valence-electron chi connectivity index (χ2n) is 3.82. The van der Waals surface area contributed by atoms with Crippen molar-refractivity contribution in [3.63, 3.8) is 0 Å². The molecule has 1 unspecified atom stereocenters. The lowest BCUT2D eigenvalue weighted by Gasteiger charge is -2.25. The zero-order valence-electron chi connectivity index (χ0n) is 8.53. The summed E-state index contributed by atoms with van der Waals surface area (Å²) >= 11 is 3.93. The molecule has 1 fully saturated rings. The van der Waals surface area contributed by atoms with Crippen molar-refractivity contribution in [1.82, 2.24) is 5.32 Å². The highest BCUT2D eigenvalue weighted by atomic mass is 32.2. The predicted molar refractivity (Wildman–Crippen MR) is 66.2 cm³/mol. The van der Waals surface area contributed by atoms with Crippen molar-refractivity contribution in [3.8, 4) is 0 Å². The molecular formula is C11H17NS2. The standard InChI is InChI=1S/C11H17NS2/c1-9(11-5-3-7-14-11)12-10-4-2-6-13-8-10/h3,5,7,9-10,12H,2,4,6,8H2,1H3/t9-,10?/m1/s1. The molecular weight excluding hydrogens is 210 g/mol. The molecule has 1 aromatic heterocycles. The number of hydrogen-bond acceptors (Lipinski definition) is 3. The van der Waals surface area contributed by atoms with Gasteiger partial charge in [-0.25, -0.2) is 0 Å². The van der Waals surface area contributed by atoms with Crippen molar-refractivity contribution < 1.29 is 0 Å². The van der Waals surface area contributed by atoms with E-state index in [1.165, 1.54) is 29.2 Å². The molecule has 1 aliphatic rings. The van der Waals surface area contributed by atoms with Gasteiger partial charge in [-0.2, -0.15) is 11.8 Å². The van der Waals surface area contributed by atoms with Crippen LogP contribution in [0.15, 0.2) is 17.5 Å². The number of hydrogen-bond donors (Lipinski definition) is 1. The Morgan fingerprint density at radius 3 is 3.14 bits per heavy atom. The van der Waals surface area contributed by atoms with Gasteiger partial charge in [0, 0.05) is 22.7 Å². The van der Waals surface area contributed by atoms with E-state index in [2.05, 4.69) is 41.5 Å². The third-order valence-corrected chi connectivity index (χ3v) is 4.89. The van der Waals surface area contributed by atoms with Gasteiger partial charge in [0.15, 0.2) is 0 Å². The van der Waals surface area contributed by atoms with Crippen LogP contribution in [0.4, 0.5) is 0 Å². The molecule has 0 bridgehead atoms. The minimum absolute atomic E-state index is 0.527. The monoisotopic (exact) mass is 227 g/mol. The second-order valence-corrected chi connectivity index (χ2v) is 5.95. The Morgan fingerprint density at radius 2 is 2.50 bits per heavy atom. The Balaban J connectivity index is 1.84. The van der Waals surface area contributed by atoms with Gasteiger partial charge in [0.25, 0.3) is 0 Å². The van der Waals surface area contributed by atoms with Crippen LogP contribution in [-0.2, 0) is 0 Å². The van der Waals surface area contributed by atoms with Crippen LogP contribution in [0.5, 0.6) is 0 Å². The number of thiophene rings is 1. The Hall–Kier alpha value is 0.01000. The summed E-state index contributed by atoms with van der Waals surface area (Å²) in [5.74, 6) is 2.64. The summed E-state index contributed by atoms with van der Waals surface area (Å²) in [5, 5.41) is 5.87. The van der Waals surface area contributed by atoms with Gasteiger partial charge in [0.2, 0.25) is 0 Å². The first kappa shape index (κ1) is 10.5. The van der Waals surface area contributed by atoms with Crippen LogP contribution in [-0.4, -0.2) is 17.5 Å². The average Bonchev–Trinajstić information content (AvgIpc) is 2.72. The fraction of sp³-hybridized carbons (Fsp3) is 0.636. The molecule has 0 aliphatic carbocycles. The van der Waals surface area contributed by atoms with E-state index in [4.69, 9.17) is 0 Å². The molecule has 78 valence electrons. The van der Waals surface area contributed by atoms with Gasteiger partial charge >= 0.3 is 0 Å². The lowest BCUT2D eigenvalue weighted by atomic mass is 10.1. The lowest BCUT2D eigenvalue weighted by molar-refractivity contribution is 0.456. The van der Waals surface area contributed by atoms with E-state index in [9.17, 15) is 0 Å². The second kappa shape index (κ2) is 5.19. The van der Waals surface area contributed by atoms with Crippen molar-refractivity contribution in [2.24, 2.45) is 0 Å². The van der Waals surface area contributed by atoms with Crippen LogP contribution < -0.4 is 5.32 Å². The highest BCUT2D eigenvalue weighted by Crippen LogP contribution is 2.22. The molecule has 0 amide bonds. The van der Waals surface area contributed by atoms with E-state index in [0.29, 0.717) is 6.04 Å². The van der Waals surface area contributed by atoms with E-state index >= 15 is 0 Å². The van der Waals surface area contributed by atoms with Crippen LogP contribution in [0.3, 0.4) is 0 Å². The smallest absolute Gasteiger partial charge is 0.0388 e. The number of nitrogens with one attached hydrogen (secondary N) is 1. The van der Waals surface area contributed by atoms with Crippen LogP contribution >= 0.6 is 23.1 Å². The van der Waals surface area contributed by atoms with E-state index in [1.54, 1.807) is 0 Å². The average molecular weight is 227 g/mol. The zero-order valence-corrected chi connectivity index (χ0v) is 10.2. The van der Waals surface area contributed by atoms with Gasteiger partial charge < -0.3 is 5.32 Å². The molecule has 0 aromatic carbocycles. The molecule has 2 heterocycles. The lowest BCUT2D eigenvalue weighted by Crippen LogP contribution is -2.35. The van der Waals surface area contributed by atoms with Gasteiger partial charge in [0.05, 0.1) is 0 Å². The third kappa shape index (κ3) is 2.75. The summed E-state index contributed by atoms with van der Waals surface area (Å²) < 4.78 is 0. The molecule has 1 saturated heterocycles. The first-order valence-corrected chi connectivity index (χ1v) is 7.27. The first-order chi connectivity index (χ1) is 6.86. The summed E-state index contributed by atoms with van der Waals surface area (Å²) in [4.78, 5) is 1.46. The van der Waals surface area contributed by atoms with E-state index in [0.717, 1.165) is 6.04 Å². The third-order valence-electron chi connectivity index (χ3n) is 2.62. The number of thioether (sulfide) groups is 1. The Bertz CT molecular complexity index is 252. The van der Waals surface area contributed by atoms with E-state index < -0.39 is 0 Å². The van der Waals surface area contributed by atoms with Crippen molar-refractivity contribution in [3.05, 3.63) is 22.4 Å². The van der Waals surface area contributed by atoms with Crippen LogP contribution in [0, 0.1) is 0 Å². The molecule has 14 heavy (non-hydrogen) atoms. The van der Waals surface area contributed by atoms with Crippen molar-refractivity contribution >= 4 is 23.1 Å². The van der Waals surface area contributed by atoms with Crippen molar-refractivity contribution in [1.29, 1.82) is 0 Å². The normalized spacial score (nSPS) is 24.8. The molecule has 2 rings (SSSR count). The zero-order chi connectivity index (χ0) is 9.80. The van der Waals surface area contributed by atoms with Gasteiger partial charge in [-0.3, -0.25) is 0 Å². The maximum absolute atomic E-state index is 3.71. The molecule has 2 atom stereocenters. The Labute approximate surface area is 94.3 Å². The van der Waals surface area contributed by atoms with Gasteiger partial charge in [-0.15, -0.1) is 11.3 Å². The molecule has 0 spiro atoms. The predicted octanol–water partition coefficient (Wildman–Crippen LogP) is 3.29. The maximum atomic E-state index is 3.71. The minimum Gasteiger partial charge on any atom is -0.306 e. The number of rotatable bonds is 3. The summed E-state index contributed by atoms with van der Waals surface area (Å²) in [7, 11) is 0. The fourth-order valence-corrected chi connectivity index (χ4v) is 3.67. The molecule has 0 saturated carbocycles. The van der Waals surface area contributed by atoms with Crippen molar-refractivity contribution in [2.75, 3.05) is 11.5 Å². The highest BCUT2D eigenvalue weighted by Gasteiger charge is 2.16. The molecule has 1 aliphatic heterocycles. The fourth-order valence-electron chi connectivity index (χ4n) is 1.85. The molecule has 1 aromatic rings. The van der Waals surface area contributed by atoms with Crippen LogP contribution in [0.2, 0.25) is 0 Å². The Kier molecular flexibility index (Phi) is 3.90. The van der Waals surface area contributed by atoms with Crippen molar-refractivity contribution in [2.45, 2.75) is 31.8 Å². The molecule has 3 heteroatoms. The first-order valence-electron chi connectivity index (χ1n) is 5.23. The SMILES string of the molecule is C[C@@H](NC1CCCSC1)c1cccs1. The minimum atomic E-state index is 0.527. The van der Waals surface area contributed by atoms with E-state index in [-0.39, 0.29) is 0 Å². The topological polar surface area (TPSA) is 12.0 Å². The molecule has 0 radical (unpaired) electrons. The molecule has 1 N–H and O–H groups in total. The maximum Gasteiger partial charge on any atom is 0.0388 e. The summed E-state index contributed by atoms with van der Waals surface area (Å²) in [5.41, 5.74) is 0. The van der Waals surface area contributed by atoms with Crippen LogP contribution in [0.25, 0.3) is 0 Å². The molecule has 1 nitrogen and oxygen atoms in total. The summed E-state index contributed by atoms with van der Waals surface area (Å²) in [6, 6.07) is 5.61. The Morgan fingerprint density at radius 1 is 1.57 bits per heavy atom. The highest BCUT2D eigenvalue weighted by molar-refractivity contribution is 7.99. The van der Waals surface area contributed by atoms with Crippen LogP contribution in [0.1, 0.15) is 30.7 Å². The quantitative estimate of drug-likeness (QED) is 0.850. The van der Waals surface area contributed by atoms with Gasteiger partial charge in [-0.05, 0) is 37.0 Å². The summed E-state index contributed by atoms with van der Waals surface area (Å²) in [6.07, 6.45) is 2.72. The van der Waals surface area contributed by atoms with Gasteiger partial charge in [0.1, 0.15) is 0 Å². The van der Waals surface area contributed by atoms with Gasteiger partial charge in [-0.1, -0.05) is 6.07 Å². The largest absolute Gasteiger partial charge is 0.306 e. The van der Waals surface area contributed by atoms with E-state index in [1.807, 2.05) is 11.3 Å².